The van der Waals surface area contributed by atoms with Gasteiger partial charge in [0, 0.05) is 6.04 Å². The highest BCUT2D eigenvalue weighted by atomic mass is 16.5. The molecule has 96 valence electrons. The molecule has 3 heteroatoms. The van der Waals surface area contributed by atoms with Gasteiger partial charge in [0.05, 0.1) is 14.2 Å². The number of hydrogen-bond acceptors (Lipinski definition) is 3. The SMILES string of the molecule is CCc1cc(OC)c(OC)cc1CC(N)CC. The third kappa shape index (κ3) is 3.37. The first-order valence-corrected chi connectivity index (χ1v) is 6.15. The molecule has 0 amide bonds. The number of hydrogen-bond donors (Lipinski definition) is 1. The zero-order chi connectivity index (χ0) is 12.8. The van der Waals surface area contributed by atoms with Crippen LogP contribution in [0.25, 0.3) is 0 Å². The first-order valence-electron chi connectivity index (χ1n) is 6.15. The van der Waals surface area contributed by atoms with Crippen LogP contribution in [-0.4, -0.2) is 20.3 Å². The lowest BCUT2D eigenvalue weighted by Gasteiger charge is -2.16. The van der Waals surface area contributed by atoms with E-state index < -0.39 is 0 Å². The Hall–Kier alpha value is -1.22. The Morgan fingerprint density at radius 2 is 1.59 bits per heavy atom. The van der Waals surface area contributed by atoms with Crippen molar-refractivity contribution in [2.45, 2.75) is 39.2 Å². The molecule has 0 aliphatic carbocycles. The zero-order valence-corrected chi connectivity index (χ0v) is 11.2. The summed E-state index contributed by atoms with van der Waals surface area (Å²) in [5.41, 5.74) is 8.57. The standard InChI is InChI=1S/C14H23NO2/c1-5-10-8-13(16-3)14(17-4)9-11(10)7-12(15)6-2/h8-9,12H,5-7,15H2,1-4H3. The molecule has 0 aromatic heterocycles. The fourth-order valence-corrected chi connectivity index (χ4v) is 1.91. The molecule has 1 atom stereocenters. The lowest BCUT2D eigenvalue weighted by atomic mass is 9.97. The van der Waals surface area contributed by atoms with E-state index in [9.17, 15) is 0 Å². The molecule has 0 saturated carbocycles. The van der Waals surface area contributed by atoms with Crippen LogP contribution in [0.1, 0.15) is 31.4 Å². The van der Waals surface area contributed by atoms with Crippen LogP contribution in [0.4, 0.5) is 0 Å². The molecule has 3 nitrogen and oxygen atoms in total. The number of nitrogens with two attached hydrogens (primary N) is 1. The van der Waals surface area contributed by atoms with Crippen molar-refractivity contribution in [2.75, 3.05) is 14.2 Å². The van der Waals surface area contributed by atoms with E-state index in [4.69, 9.17) is 15.2 Å². The number of rotatable bonds is 6. The topological polar surface area (TPSA) is 44.5 Å². The Bertz CT molecular complexity index is 363. The summed E-state index contributed by atoms with van der Waals surface area (Å²) in [4.78, 5) is 0. The second kappa shape index (κ2) is 6.50. The molecule has 0 heterocycles. The van der Waals surface area contributed by atoms with Crippen molar-refractivity contribution < 1.29 is 9.47 Å². The Morgan fingerprint density at radius 1 is 1.06 bits per heavy atom. The van der Waals surface area contributed by atoms with Gasteiger partial charge in [-0.2, -0.15) is 0 Å². The van der Waals surface area contributed by atoms with E-state index in [1.807, 2.05) is 6.07 Å². The van der Waals surface area contributed by atoms with Crippen LogP contribution in [0.15, 0.2) is 12.1 Å². The van der Waals surface area contributed by atoms with Gasteiger partial charge in [0.15, 0.2) is 11.5 Å². The molecule has 1 rings (SSSR count). The summed E-state index contributed by atoms with van der Waals surface area (Å²) < 4.78 is 10.6. The van der Waals surface area contributed by atoms with Crippen molar-refractivity contribution in [3.8, 4) is 11.5 Å². The van der Waals surface area contributed by atoms with Gasteiger partial charge in [-0.1, -0.05) is 13.8 Å². The fraction of sp³-hybridized carbons (Fsp3) is 0.571. The number of methoxy groups -OCH3 is 2. The van der Waals surface area contributed by atoms with Gasteiger partial charge in [-0.15, -0.1) is 0 Å². The first-order chi connectivity index (χ1) is 8.15. The van der Waals surface area contributed by atoms with E-state index in [2.05, 4.69) is 19.9 Å². The maximum Gasteiger partial charge on any atom is 0.161 e. The molecule has 0 radical (unpaired) electrons. The molecule has 1 aromatic carbocycles. The van der Waals surface area contributed by atoms with Crippen molar-refractivity contribution in [1.29, 1.82) is 0 Å². The minimum atomic E-state index is 0.207. The van der Waals surface area contributed by atoms with E-state index in [-0.39, 0.29) is 6.04 Å². The smallest absolute Gasteiger partial charge is 0.161 e. The molecule has 0 bridgehead atoms. The predicted octanol–water partition coefficient (Wildman–Crippen LogP) is 2.55. The van der Waals surface area contributed by atoms with Crippen LogP contribution in [0.3, 0.4) is 0 Å². The molecule has 0 aliphatic rings. The number of aryl methyl sites for hydroxylation is 1. The second-order valence-electron chi connectivity index (χ2n) is 4.20. The van der Waals surface area contributed by atoms with E-state index in [1.54, 1.807) is 14.2 Å². The molecule has 0 aliphatic heterocycles. The average Bonchev–Trinajstić information content (AvgIpc) is 2.37. The van der Waals surface area contributed by atoms with Crippen LogP contribution < -0.4 is 15.2 Å². The molecule has 1 aromatic rings. The van der Waals surface area contributed by atoms with Crippen molar-refractivity contribution in [1.82, 2.24) is 0 Å². The highest BCUT2D eigenvalue weighted by Crippen LogP contribution is 2.31. The third-order valence-corrected chi connectivity index (χ3v) is 3.09. The summed E-state index contributed by atoms with van der Waals surface area (Å²) >= 11 is 0. The Labute approximate surface area is 104 Å². The summed E-state index contributed by atoms with van der Waals surface area (Å²) in [7, 11) is 3.32. The fourth-order valence-electron chi connectivity index (χ4n) is 1.91. The normalized spacial score (nSPS) is 12.3. The molecule has 0 spiro atoms. The van der Waals surface area contributed by atoms with E-state index in [1.165, 1.54) is 11.1 Å². The monoisotopic (exact) mass is 237 g/mol. The molecule has 1 unspecified atom stereocenters. The van der Waals surface area contributed by atoms with Crippen molar-refractivity contribution >= 4 is 0 Å². The van der Waals surface area contributed by atoms with Crippen LogP contribution in [0.5, 0.6) is 11.5 Å². The maximum absolute atomic E-state index is 6.02. The van der Waals surface area contributed by atoms with E-state index in [0.717, 1.165) is 30.8 Å². The molecular formula is C14H23NO2. The minimum Gasteiger partial charge on any atom is -0.493 e. The number of benzene rings is 1. The minimum absolute atomic E-state index is 0.207. The van der Waals surface area contributed by atoms with E-state index in [0.29, 0.717) is 0 Å². The van der Waals surface area contributed by atoms with Gasteiger partial charge in [0.2, 0.25) is 0 Å². The summed E-state index contributed by atoms with van der Waals surface area (Å²) in [5, 5.41) is 0. The molecule has 17 heavy (non-hydrogen) atoms. The van der Waals surface area contributed by atoms with Gasteiger partial charge in [-0.25, -0.2) is 0 Å². The van der Waals surface area contributed by atoms with Crippen LogP contribution >= 0.6 is 0 Å². The largest absolute Gasteiger partial charge is 0.493 e. The zero-order valence-electron chi connectivity index (χ0n) is 11.2. The van der Waals surface area contributed by atoms with Crippen LogP contribution in [-0.2, 0) is 12.8 Å². The molecule has 0 fully saturated rings. The highest BCUT2D eigenvalue weighted by Gasteiger charge is 2.12. The van der Waals surface area contributed by atoms with Crippen molar-refractivity contribution in [2.24, 2.45) is 5.73 Å². The summed E-state index contributed by atoms with van der Waals surface area (Å²) in [6, 6.07) is 4.31. The van der Waals surface area contributed by atoms with Gasteiger partial charge >= 0.3 is 0 Å². The summed E-state index contributed by atoms with van der Waals surface area (Å²) in [5.74, 6) is 1.57. The third-order valence-electron chi connectivity index (χ3n) is 3.09. The van der Waals surface area contributed by atoms with Gasteiger partial charge in [-0.3, -0.25) is 0 Å². The first kappa shape index (κ1) is 13.8. The highest BCUT2D eigenvalue weighted by molar-refractivity contribution is 5.47. The summed E-state index contributed by atoms with van der Waals surface area (Å²) in [6.45, 7) is 4.25. The number of ether oxygens (including phenoxy) is 2. The summed E-state index contributed by atoms with van der Waals surface area (Å²) in [6.07, 6.45) is 2.85. The van der Waals surface area contributed by atoms with Crippen molar-refractivity contribution in [3.63, 3.8) is 0 Å². The van der Waals surface area contributed by atoms with Gasteiger partial charge in [0.1, 0.15) is 0 Å². The van der Waals surface area contributed by atoms with Crippen LogP contribution in [0.2, 0.25) is 0 Å². The predicted molar refractivity (Wildman–Crippen MR) is 70.9 cm³/mol. The Kier molecular flexibility index (Phi) is 5.29. The van der Waals surface area contributed by atoms with Crippen LogP contribution in [0, 0.1) is 0 Å². The van der Waals surface area contributed by atoms with Gasteiger partial charge in [-0.05, 0) is 42.5 Å². The molecule has 0 saturated heterocycles. The lowest BCUT2D eigenvalue weighted by molar-refractivity contribution is 0.354. The van der Waals surface area contributed by atoms with Gasteiger partial charge in [0.25, 0.3) is 0 Å². The average molecular weight is 237 g/mol. The second-order valence-corrected chi connectivity index (χ2v) is 4.20. The molecule has 2 N–H and O–H groups in total. The Balaban J connectivity index is 3.09. The van der Waals surface area contributed by atoms with E-state index >= 15 is 0 Å². The van der Waals surface area contributed by atoms with Crippen molar-refractivity contribution in [3.05, 3.63) is 23.3 Å². The quantitative estimate of drug-likeness (QED) is 0.827. The van der Waals surface area contributed by atoms with Gasteiger partial charge < -0.3 is 15.2 Å². The molecular weight excluding hydrogens is 214 g/mol. The maximum atomic E-state index is 6.02. The Morgan fingerprint density at radius 3 is 2.00 bits per heavy atom. The lowest BCUT2D eigenvalue weighted by Crippen LogP contribution is -2.22.